The molecule has 0 aliphatic rings. The molecule has 0 aromatic heterocycles. The lowest BCUT2D eigenvalue weighted by atomic mass is 10.3. The molecule has 0 unspecified atom stereocenters. The van der Waals surface area contributed by atoms with Crippen LogP contribution in [-0.4, -0.2) is 11.8 Å². The second-order valence-corrected chi connectivity index (χ2v) is 1.34. The van der Waals surface area contributed by atoms with Crippen molar-refractivity contribution in [3.63, 3.8) is 0 Å². The van der Waals surface area contributed by atoms with Crippen molar-refractivity contribution in [1.82, 2.24) is 5.48 Å². The van der Waals surface area contributed by atoms with Gasteiger partial charge in [-0.15, -0.1) is 4.99 Å². The quantitative estimate of drug-likeness (QED) is 0.315. The highest BCUT2D eigenvalue weighted by Gasteiger charge is 1.78. The van der Waals surface area contributed by atoms with Gasteiger partial charge < -0.3 is 0 Å². The van der Waals surface area contributed by atoms with E-state index in [1.807, 2.05) is 0 Å². The maximum absolute atomic E-state index is 7.68. The minimum Gasteiger partial charge on any atom is -0.233 e. The van der Waals surface area contributed by atoms with Gasteiger partial charge in [0.25, 0.3) is 0 Å². The zero-order chi connectivity index (χ0) is 5.54. The van der Waals surface area contributed by atoms with E-state index in [1.54, 1.807) is 0 Å². The van der Waals surface area contributed by atoms with E-state index in [9.17, 15) is 0 Å². The van der Waals surface area contributed by atoms with E-state index < -0.39 is 0 Å². The first-order valence-corrected chi connectivity index (χ1v) is 2.45. The zero-order valence-electron chi connectivity index (χ0n) is 4.48. The molecule has 0 spiro atoms. The number of rotatable bonds is 4. The second-order valence-electron chi connectivity index (χ2n) is 1.34. The fraction of sp³-hybridized carbons (Fsp3) is 1.00. The van der Waals surface area contributed by atoms with Crippen molar-refractivity contribution in [3.05, 3.63) is 0 Å². The van der Waals surface area contributed by atoms with Crippen molar-refractivity contribution in [3.8, 4) is 0 Å². The summed E-state index contributed by atoms with van der Waals surface area (Å²) in [5.74, 6) is 0. The van der Waals surface area contributed by atoms with Crippen LogP contribution in [0.1, 0.15) is 19.8 Å². The SMILES string of the molecule is CCCCNOO. The maximum Gasteiger partial charge on any atom is 0.0239 e. The van der Waals surface area contributed by atoms with Crippen molar-refractivity contribution in [1.29, 1.82) is 0 Å². The van der Waals surface area contributed by atoms with E-state index in [0.29, 0.717) is 6.54 Å². The molecule has 0 heterocycles. The van der Waals surface area contributed by atoms with Gasteiger partial charge >= 0.3 is 0 Å². The van der Waals surface area contributed by atoms with Gasteiger partial charge in [-0.05, 0) is 6.42 Å². The molecule has 0 aromatic carbocycles. The summed E-state index contributed by atoms with van der Waals surface area (Å²) in [6.07, 6.45) is 2.14. The first kappa shape index (κ1) is 6.88. The molecule has 0 radical (unpaired) electrons. The first-order valence-electron chi connectivity index (χ1n) is 2.45. The molecular weight excluding hydrogens is 94.0 g/mol. The molecule has 0 saturated carbocycles. The van der Waals surface area contributed by atoms with Gasteiger partial charge in [-0.1, -0.05) is 13.3 Å². The van der Waals surface area contributed by atoms with Gasteiger partial charge in [-0.3, -0.25) is 0 Å². The summed E-state index contributed by atoms with van der Waals surface area (Å²) in [5.41, 5.74) is 2.30. The average molecular weight is 105 g/mol. The largest absolute Gasteiger partial charge is 0.233 e. The minimum absolute atomic E-state index is 0.715. The molecular formula is C4H11NO2. The second kappa shape index (κ2) is 5.88. The zero-order valence-corrected chi connectivity index (χ0v) is 4.48. The van der Waals surface area contributed by atoms with E-state index in [-0.39, 0.29) is 0 Å². The summed E-state index contributed by atoms with van der Waals surface area (Å²) in [6, 6.07) is 0. The van der Waals surface area contributed by atoms with Crippen LogP contribution in [0, 0.1) is 0 Å². The lowest BCUT2D eigenvalue weighted by Crippen LogP contribution is -2.12. The van der Waals surface area contributed by atoms with Crippen LogP contribution in [-0.2, 0) is 4.99 Å². The van der Waals surface area contributed by atoms with Gasteiger partial charge in [-0.2, -0.15) is 5.48 Å². The normalized spacial score (nSPS) is 9.43. The minimum atomic E-state index is 0.715. The number of hydrogen-bond acceptors (Lipinski definition) is 3. The number of nitrogens with one attached hydrogen (secondary N) is 1. The fourth-order valence-electron chi connectivity index (χ4n) is 0.295. The molecule has 0 atom stereocenters. The molecule has 7 heavy (non-hydrogen) atoms. The van der Waals surface area contributed by atoms with E-state index in [0.717, 1.165) is 12.8 Å². The number of hydroxylamine groups is 1. The van der Waals surface area contributed by atoms with Gasteiger partial charge in [0, 0.05) is 6.54 Å². The van der Waals surface area contributed by atoms with Crippen molar-refractivity contribution in [2.75, 3.05) is 6.54 Å². The summed E-state index contributed by atoms with van der Waals surface area (Å²) in [6.45, 7) is 2.78. The predicted octanol–water partition coefficient (Wildman–Crippen LogP) is 0.781. The molecule has 0 bridgehead atoms. The summed E-state index contributed by atoms with van der Waals surface area (Å²) in [4.78, 5) is 3.59. The van der Waals surface area contributed by atoms with Gasteiger partial charge in [0.1, 0.15) is 0 Å². The van der Waals surface area contributed by atoms with Crippen LogP contribution in [0.4, 0.5) is 0 Å². The molecule has 0 aliphatic carbocycles. The van der Waals surface area contributed by atoms with Crippen molar-refractivity contribution < 1.29 is 10.2 Å². The highest BCUT2D eigenvalue weighted by molar-refractivity contribution is 4.31. The summed E-state index contributed by atoms with van der Waals surface area (Å²) >= 11 is 0. The Morgan fingerprint density at radius 2 is 2.43 bits per heavy atom. The van der Waals surface area contributed by atoms with Crippen LogP contribution < -0.4 is 5.48 Å². The van der Waals surface area contributed by atoms with Crippen LogP contribution in [0.5, 0.6) is 0 Å². The molecule has 3 heteroatoms. The number of hydrogen-bond donors (Lipinski definition) is 2. The van der Waals surface area contributed by atoms with Crippen LogP contribution in [0.25, 0.3) is 0 Å². The molecule has 0 fully saturated rings. The van der Waals surface area contributed by atoms with E-state index in [1.165, 1.54) is 0 Å². The molecule has 44 valence electrons. The Hall–Kier alpha value is -0.120. The third kappa shape index (κ3) is 5.88. The smallest absolute Gasteiger partial charge is 0.0239 e. The van der Waals surface area contributed by atoms with Crippen molar-refractivity contribution in [2.24, 2.45) is 0 Å². The molecule has 2 N–H and O–H groups in total. The van der Waals surface area contributed by atoms with Crippen LogP contribution >= 0.6 is 0 Å². The monoisotopic (exact) mass is 105 g/mol. The highest BCUT2D eigenvalue weighted by atomic mass is 17.2. The summed E-state index contributed by atoms with van der Waals surface area (Å²) in [5, 5.41) is 7.68. The molecule has 0 saturated heterocycles. The molecule has 0 rings (SSSR count). The molecule has 0 aromatic rings. The van der Waals surface area contributed by atoms with Crippen LogP contribution in [0.15, 0.2) is 0 Å². The molecule has 0 amide bonds. The lowest BCUT2D eigenvalue weighted by Gasteiger charge is -1.93. The Balaban J connectivity index is 2.45. The van der Waals surface area contributed by atoms with Gasteiger partial charge in [0.15, 0.2) is 0 Å². The lowest BCUT2D eigenvalue weighted by molar-refractivity contribution is -0.291. The first-order chi connectivity index (χ1) is 3.41. The van der Waals surface area contributed by atoms with Gasteiger partial charge in [0.2, 0.25) is 0 Å². The standard InChI is InChI=1S/C4H11NO2/c1-2-3-4-5-7-6/h5-6H,2-4H2,1H3. The van der Waals surface area contributed by atoms with Gasteiger partial charge in [0.05, 0.1) is 0 Å². The summed E-state index contributed by atoms with van der Waals surface area (Å²) < 4.78 is 0. The molecule has 0 aliphatic heterocycles. The topological polar surface area (TPSA) is 41.5 Å². The third-order valence-corrected chi connectivity index (χ3v) is 0.697. The van der Waals surface area contributed by atoms with E-state index in [4.69, 9.17) is 5.26 Å². The fourth-order valence-corrected chi connectivity index (χ4v) is 0.295. The van der Waals surface area contributed by atoms with Crippen molar-refractivity contribution >= 4 is 0 Å². The van der Waals surface area contributed by atoms with E-state index >= 15 is 0 Å². The predicted molar refractivity (Wildman–Crippen MR) is 26.6 cm³/mol. The Labute approximate surface area is 43.2 Å². The van der Waals surface area contributed by atoms with Crippen molar-refractivity contribution in [2.45, 2.75) is 19.8 Å². The van der Waals surface area contributed by atoms with Crippen LogP contribution in [0.2, 0.25) is 0 Å². The average Bonchev–Trinajstić information content (AvgIpc) is 1.69. The molecule has 3 nitrogen and oxygen atoms in total. The number of unbranched alkanes of at least 4 members (excludes halogenated alkanes) is 1. The Bertz CT molecular complexity index is 28.9. The Morgan fingerprint density at radius 3 is 2.86 bits per heavy atom. The van der Waals surface area contributed by atoms with E-state index in [2.05, 4.69) is 17.4 Å². The Kier molecular flexibility index (Phi) is 5.78. The van der Waals surface area contributed by atoms with Crippen LogP contribution in [0.3, 0.4) is 0 Å². The summed E-state index contributed by atoms with van der Waals surface area (Å²) in [7, 11) is 0. The highest BCUT2D eigenvalue weighted by Crippen LogP contribution is 1.80. The van der Waals surface area contributed by atoms with Gasteiger partial charge in [-0.25, -0.2) is 5.26 Å². The Morgan fingerprint density at radius 1 is 1.71 bits per heavy atom. The maximum atomic E-state index is 7.68. The third-order valence-electron chi connectivity index (χ3n) is 0.697.